The zero-order chi connectivity index (χ0) is 18.7. The van der Waals surface area contributed by atoms with Gasteiger partial charge in [-0.2, -0.15) is 13.4 Å². The Balaban J connectivity index is 1.68. The van der Waals surface area contributed by atoms with Crippen molar-refractivity contribution >= 4 is 27.7 Å². The molecule has 0 amide bonds. The number of ether oxygens (including phenoxy) is 1. The van der Waals surface area contributed by atoms with Crippen molar-refractivity contribution in [2.75, 3.05) is 18.7 Å². The fraction of sp³-hybridized carbons (Fsp3) is 0.333. The molecule has 1 aliphatic rings. The van der Waals surface area contributed by atoms with Gasteiger partial charge >= 0.3 is 15.8 Å². The average molecular weight is 399 g/mol. The van der Waals surface area contributed by atoms with Crippen LogP contribution in [0.1, 0.15) is 10.9 Å². The van der Waals surface area contributed by atoms with Crippen molar-refractivity contribution in [2.45, 2.75) is 22.6 Å². The first kappa shape index (κ1) is 18.9. The third-order valence-corrected chi connectivity index (χ3v) is 6.01. The van der Waals surface area contributed by atoms with E-state index in [0.717, 1.165) is 5.56 Å². The fourth-order valence-corrected chi connectivity index (χ4v) is 4.03. The molecule has 1 aliphatic heterocycles. The third-order valence-electron chi connectivity index (χ3n) is 3.59. The molecular formula is C15H17N3O6S2. The summed E-state index contributed by atoms with van der Waals surface area (Å²) >= 11 is 1.30. The molecule has 0 aliphatic carbocycles. The topological polar surface area (TPSA) is 120 Å². The molecule has 0 radical (unpaired) electrons. The molecule has 1 fully saturated rings. The van der Waals surface area contributed by atoms with Gasteiger partial charge in [0, 0.05) is 6.20 Å². The number of thioether (sulfide) groups is 1. The summed E-state index contributed by atoms with van der Waals surface area (Å²) in [6.45, 7) is 1.96. The number of aryl methyl sites for hydroxylation is 1. The molecule has 26 heavy (non-hydrogen) atoms. The van der Waals surface area contributed by atoms with Crippen LogP contribution in [0.3, 0.4) is 0 Å². The molecule has 0 bridgehead atoms. The van der Waals surface area contributed by atoms with Crippen molar-refractivity contribution < 1.29 is 22.5 Å². The van der Waals surface area contributed by atoms with Gasteiger partial charge in [-0.3, -0.25) is 4.57 Å². The van der Waals surface area contributed by atoms with E-state index in [1.54, 1.807) is 12.1 Å². The first-order chi connectivity index (χ1) is 12.4. The van der Waals surface area contributed by atoms with Crippen LogP contribution in [0.15, 0.2) is 46.2 Å². The monoisotopic (exact) mass is 399 g/mol. The van der Waals surface area contributed by atoms with Crippen molar-refractivity contribution in [3.05, 3.63) is 52.6 Å². The van der Waals surface area contributed by atoms with Gasteiger partial charge in [0.15, 0.2) is 5.82 Å². The highest BCUT2D eigenvalue weighted by molar-refractivity contribution is 8.00. The van der Waals surface area contributed by atoms with Crippen molar-refractivity contribution in [3.63, 3.8) is 0 Å². The van der Waals surface area contributed by atoms with E-state index in [-0.39, 0.29) is 34.7 Å². The van der Waals surface area contributed by atoms with Gasteiger partial charge in [-0.15, -0.1) is 16.0 Å². The zero-order valence-corrected chi connectivity index (χ0v) is 15.4. The van der Waals surface area contributed by atoms with Crippen molar-refractivity contribution in [2.24, 2.45) is 0 Å². The summed E-state index contributed by atoms with van der Waals surface area (Å²) in [5.74, 6) is -0.0374. The van der Waals surface area contributed by atoms with E-state index >= 15 is 0 Å². The molecule has 140 valence electrons. The van der Waals surface area contributed by atoms with Crippen LogP contribution >= 0.6 is 11.8 Å². The highest BCUT2D eigenvalue weighted by Gasteiger charge is 2.27. The van der Waals surface area contributed by atoms with E-state index in [1.165, 1.54) is 40.7 Å². The number of benzene rings is 1. The van der Waals surface area contributed by atoms with Crippen LogP contribution in [0.5, 0.6) is 0 Å². The number of hydrogen-bond acceptors (Lipinski definition) is 9. The maximum absolute atomic E-state index is 12.1. The fourth-order valence-electron chi connectivity index (χ4n) is 2.22. The molecule has 0 spiro atoms. The summed E-state index contributed by atoms with van der Waals surface area (Å²) in [6.07, 6.45) is 1.46. The van der Waals surface area contributed by atoms with E-state index in [0.29, 0.717) is 0 Å². The van der Waals surface area contributed by atoms with Gasteiger partial charge < -0.3 is 9.84 Å². The van der Waals surface area contributed by atoms with Crippen molar-refractivity contribution in [3.8, 4) is 0 Å². The molecule has 1 aromatic heterocycles. The second kappa shape index (κ2) is 7.76. The number of anilines is 1. The molecule has 0 unspecified atom stereocenters. The Hall–Kier alpha value is -1.92. The lowest BCUT2D eigenvalue weighted by atomic mass is 10.2. The van der Waals surface area contributed by atoms with Crippen LogP contribution in [0.25, 0.3) is 0 Å². The largest absolute Gasteiger partial charge is 0.393 e. The van der Waals surface area contributed by atoms with Crippen LogP contribution in [-0.4, -0.2) is 41.7 Å². The smallest absolute Gasteiger partial charge is 0.350 e. The molecule has 2 atom stereocenters. The maximum atomic E-state index is 12.1. The molecule has 9 nitrogen and oxygen atoms in total. The van der Waals surface area contributed by atoms with Crippen LogP contribution in [0, 0.1) is 6.92 Å². The minimum absolute atomic E-state index is 0.0153. The highest BCUT2D eigenvalue weighted by Crippen LogP contribution is 2.34. The third kappa shape index (κ3) is 4.24. The van der Waals surface area contributed by atoms with Crippen LogP contribution in [0.2, 0.25) is 0 Å². The molecule has 11 heteroatoms. The van der Waals surface area contributed by atoms with Crippen molar-refractivity contribution in [1.29, 1.82) is 0 Å². The summed E-state index contributed by atoms with van der Waals surface area (Å²) in [4.78, 5) is 15.9. The molecular weight excluding hydrogens is 382 g/mol. The summed E-state index contributed by atoms with van der Waals surface area (Å²) in [5.41, 5.74) is 2.13. The lowest BCUT2D eigenvalue weighted by molar-refractivity contribution is 0.0803. The van der Waals surface area contributed by atoms with E-state index in [1.807, 2.05) is 6.92 Å². The quantitative estimate of drug-likeness (QED) is 0.682. The number of rotatable bonds is 6. The molecule has 1 saturated heterocycles. The number of aliphatic hydroxyl groups is 1. The minimum atomic E-state index is -4.04. The van der Waals surface area contributed by atoms with Gasteiger partial charge in [-0.1, -0.05) is 17.7 Å². The molecule has 2 aromatic rings. The van der Waals surface area contributed by atoms with Gasteiger partial charge in [0.25, 0.3) is 0 Å². The summed E-state index contributed by atoms with van der Waals surface area (Å²) in [5, 5.41) is 8.76. The lowest BCUT2D eigenvalue weighted by Gasteiger charge is -2.12. The summed E-state index contributed by atoms with van der Waals surface area (Å²) in [6, 6.07) is 7.56. The molecule has 0 saturated carbocycles. The van der Waals surface area contributed by atoms with Gasteiger partial charge in [0.05, 0.1) is 18.1 Å². The van der Waals surface area contributed by atoms with Crippen LogP contribution < -0.4 is 11.2 Å². The molecule has 1 aromatic carbocycles. The standard InChI is InChI=1S/C15H17N3O6S2/c1-10-2-4-11(5-3-10)26(21,22)24-17-12-6-7-18(15(20)16-12)13-9-23-14(8-19)25-13/h2-7,13-14,19H,8-9H2,1H3,(H,16,17,20)/t13-,14-/m1/s1. The van der Waals surface area contributed by atoms with E-state index in [9.17, 15) is 13.2 Å². The molecule has 3 rings (SSSR count). The normalized spacial score (nSPS) is 20.2. The van der Waals surface area contributed by atoms with Crippen LogP contribution in [0.4, 0.5) is 5.82 Å². The number of aliphatic hydroxyl groups excluding tert-OH is 1. The Bertz CT molecular complexity index is 929. The SMILES string of the molecule is Cc1ccc(S(=O)(=O)ONc2ccn([C@H]3CO[C@@H](CO)S3)c(=O)n2)cc1. The summed E-state index contributed by atoms with van der Waals surface area (Å²) < 4.78 is 35.6. The Morgan fingerprint density at radius 3 is 2.73 bits per heavy atom. The molecule has 2 N–H and O–H groups in total. The van der Waals surface area contributed by atoms with Crippen LogP contribution in [-0.2, 0) is 19.1 Å². The van der Waals surface area contributed by atoms with E-state index < -0.39 is 15.8 Å². The predicted molar refractivity (Wildman–Crippen MR) is 95.0 cm³/mol. The number of hydrogen-bond donors (Lipinski definition) is 2. The first-order valence-electron chi connectivity index (χ1n) is 7.62. The van der Waals surface area contributed by atoms with Gasteiger partial charge in [-0.25, -0.2) is 10.3 Å². The molecule has 2 heterocycles. The van der Waals surface area contributed by atoms with E-state index in [4.69, 9.17) is 14.1 Å². The Morgan fingerprint density at radius 2 is 2.12 bits per heavy atom. The van der Waals surface area contributed by atoms with Gasteiger partial charge in [-0.05, 0) is 25.1 Å². The number of aromatic nitrogens is 2. The zero-order valence-electron chi connectivity index (χ0n) is 13.7. The highest BCUT2D eigenvalue weighted by atomic mass is 32.2. The van der Waals surface area contributed by atoms with Gasteiger partial charge in [0.1, 0.15) is 10.8 Å². The van der Waals surface area contributed by atoms with Crippen molar-refractivity contribution in [1.82, 2.24) is 9.55 Å². The predicted octanol–water partition coefficient (Wildman–Crippen LogP) is 0.865. The Morgan fingerprint density at radius 1 is 1.38 bits per heavy atom. The maximum Gasteiger partial charge on any atom is 0.350 e. The number of nitrogens with zero attached hydrogens (tertiary/aromatic N) is 2. The second-order valence-corrected chi connectivity index (χ2v) is 8.38. The Labute approximate surface area is 154 Å². The first-order valence-corrected chi connectivity index (χ1v) is 9.97. The minimum Gasteiger partial charge on any atom is -0.393 e. The number of nitrogens with one attached hydrogen (secondary N) is 1. The van der Waals surface area contributed by atoms with E-state index in [2.05, 4.69) is 10.5 Å². The summed E-state index contributed by atoms with van der Waals surface area (Å²) in [7, 11) is -4.04. The lowest BCUT2D eigenvalue weighted by Crippen LogP contribution is -2.26. The Kier molecular flexibility index (Phi) is 5.63. The second-order valence-electron chi connectivity index (χ2n) is 5.49. The van der Waals surface area contributed by atoms with Gasteiger partial charge in [0.2, 0.25) is 0 Å². The average Bonchev–Trinajstić information content (AvgIpc) is 3.09.